The van der Waals surface area contributed by atoms with E-state index in [1.54, 1.807) is 55.5 Å². The molecule has 98 heavy (non-hydrogen) atoms. The third kappa shape index (κ3) is 43.5. The lowest BCUT2D eigenvalue weighted by Gasteiger charge is -2.39. The zero-order valence-electron chi connectivity index (χ0n) is 59.2. The van der Waals surface area contributed by atoms with Gasteiger partial charge in [0.05, 0.1) is 79.4 Å². The highest BCUT2D eigenvalue weighted by Gasteiger charge is 2.43. The molecule has 2 aliphatic rings. The van der Waals surface area contributed by atoms with Crippen molar-refractivity contribution in [1.29, 1.82) is 0 Å². The topological polar surface area (TPSA) is 406 Å². The number of amides is 1. The highest BCUT2D eigenvalue weighted by molar-refractivity contribution is 6.03. The number of nitrogens with two attached hydrogens (primary N) is 1. The molecule has 19 N–H and O–H groups in total. The van der Waals surface area contributed by atoms with Gasteiger partial charge < -0.3 is 102 Å². The molecule has 0 saturated carbocycles. The average Bonchev–Trinajstić information content (AvgIpc) is 1.06. The molecule has 0 aromatic rings. The Kier molecular flexibility index (Phi) is 49.7. The molecule has 22 nitrogen and oxygen atoms in total. The summed E-state index contributed by atoms with van der Waals surface area (Å²) in [6.07, 6.45) is 32.3. The monoisotopic (exact) mass is 1380 g/mol. The molecule has 1 saturated heterocycles. The molecule has 558 valence electrons. The standard InChI is InChI=1S/C43H59NO10.C33H66N2O9/c1-30(24-20-16-12-8-5-6-11-15-19-23-27-37(48)44-38-35(46)28-29-36(38)47)39(49)32(3)34(45)26-22-18-14-10-7-9-13-17-21-25-31(2)53-43-42(52)41(51)40(50)33(4)54-43;1-22(2)21-35-33(23(3)4)20-32(44)19-31(43)17-27(39)11-6-10-26(38)16-30(42)18-29(41)15-25(37)9-5-8-24(36)14-28(40)12-7-13-34/h5-11,13-15,17-24,26-27,30-34,39-43,45-46,49-52H,12,16,25,28-29H2,1-4H3,(H,44,48);5-6,9,11,22-33,35-44H,7-8,10,12-21,34H2,1-4H3/b8-5+,10-7+,11-6+,13-9+,18-14+,19-15+,21-17+,24-20+,26-22+,27-23+;9-5+,11-6+. The molecule has 1 amide bonds. The summed E-state index contributed by atoms with van der Waals surface area (Å²) >= 11 is 0. The number of nitrogens with one attached hydrogen (secondary N) is 2. The van der Waals surface area contributed by atoms with Crippen LogP contribution in [0.4, 0.5) is 0 Å². The maximum Gasteiger partial charge on any atom is 0.248 e. The van der Waals surface area contributed by atoms with Gasteiger partial charge >= 0.3 is 0 Å². The molecule has 0 spiro atoms. The Morgan fingerprint density at radius 3 is 1.60 bits per heavy atom. The molecule has 2 rings (SSSR count). The van der Waals surface area contributed by atoms with Crippen molar-refractivity contribution >= 4 is 11.7 Å². The van der Waals surface area contributed by atoms with Crippen LogP contribution in [-0.4, -0.2) is 211 Å². The normalized spacial score (nSPS) is 23.3. The van der Waals surface area contributed by atoms with E-state index in [9.17, 15) is 86.2 Å². The number of carbonyl (C=O) groups excluding carboxylic acids is 2. The van der Waals surface area contributed by atoms with Gasteiger partial charge in [0.2, 0.25) is 5.91 Å². The quantitative estimate of drug-likeness (QED) is 0.0142. The van der Waals surface area contributed by atoms with Crippen LogP contribution in [0.15, 0.2) is 157 Å². The van der Waals surface area contributed by atoms with E-state index in [1.165, 1.54) is 18.2 Å². The van der Waals surface area contributed by atoms with Crippen molar-refractivity contribution in [2.75, 3.05) is 13.1 Å². The minimum absolute atomic E-state index is 0.00121. The molecule has 1 fully saturated rings. The number of aliphatic hydroxyl groups excluding tert-OH is 15. The Hall–Kier alpha value is -5.16. The summed E-state index contributed by atoms with van der Waals surface area (Å²) in [5.74, 6) is -0.488. The van der Waals surface area contributed by atoms with Crippen LogP contribution in [0.1, 0.15) is 158 Å². The Bertz CT molecular complexity index is 2560. The van der Waals surface area contributed by atoms with Gasteiger partial charge in [-0.15, -0.1) is 0 Å². The van der Waals surface area contributed by atoms with Crippen LogP contribution in [-0.2, 0) is 19.1 Å². The number of allylic oxidation sites excluding steroid dienone is 18. The summed E-state index contributed by atoms with van der Waals surface area (Å²) in [7, 11) is 0. The Morgan fingerprint density at radius 2 is 1.06 bits per heavy atom. The highest BCUT2D eigenvalue weighted by atomic mass is 16.7. The van der Waals surface area contributed by atoms with E-state index >= 15 is 0 Å². The molecule has 0 bridgehead atoms. The number of carbonyl (C=O) groups is 2. The first-order valence-electron chi connectivity index (χ1n) is 35.0. The van der Waals surface area contributed by atoms with E-state index in [0.29, 0.717) is 44.1 Å². The van der Waals surface area contributed by atoms with Crippen molar-refractivity contribution in [3.05, 3.63) is 157 Å². The number of ketones is 1. The van der Waals surface area contributed by atoms with Crippen molar-refractivity contribution < 1.29 is 95.7 Å². The van der Waals surface area contributed by atoms with Crippen LogP contribution in [0.25, 0.3) is 0 Å². The SMILES string of the molecule is CC(C)CNC(CC(O)CC(O)CC(O)/C=C/CC(O)CC(O)CC(O)CC(O)/C=C/CC(O)CC(O)CCCN)C(C)C.CC(C/C=C/C=C/C=C/C=C/C=C/C(O)C(C)C(O)C(C)/C=C/CC/C=C/C=C/C=C/C=C/C(=O)NC1=C(O)CCC1=O)OC1OC(C)C(O)C(O)C1O. The van der Waals surface area contributed by atoms with Crippen LogP contribution in [0, 0.1) is 23.7 Å². The smallest absolute Gasteiger partial charge is 0.248 e. The predicted molar refractivity (Wildman–Crippen MR) is 384 cm³/mol. The van der Waals surface area contributed by atoms with E-state index < -0.39 is 104 Å². The number of aliphatic hydroxyl groups is 15. The Balaban J connectivity index is 0.00000100. The lowest BCUT2D eigenvalue weighted by Crippen LogP contribution is -2.57. The lowest BCUT2D eigenvalue weighted by atomic mass is 9.88. The molecule has 20 unspecified atom stereocenters. The zero-order chi connectivity index (χ0) is 73.5. The van der Waals surface area contributed by atoms with Crippen molar-refractivity contribution in [2.24, 2.45) is 29.4 Å². The molecular weight excluding hydrogens is 1260 g/mol. The maximum atomic E-state index is 11.8. The van der Waals surface area contributed by atoms with Crippen molar-refractivity contribution in [3.8, 4) is 0 Å². The number of hydrogen-bond donors (Lipinski definition) is 18. The van der Waals surface area contributed by atoms with Crippen LogP contribution in [0.5, 0.6) is 0 Å². The number of ether oxygens (including phenoxy) is 2. The number of unbranched alkanes of at least 4 members (excludes halogenated alkanes) is 1. The predicted octanol–water partition coefficient (Wildman–Crippen LogP) is 6.06. The molecule has 0 radical (unpaired) electrons. The Labute approximate surface area is 583 Å². The summed E-state index contributed by atoms with van der Waals surface area (Å²) in [4.78, 5) is 23.4. The average molecular weight is 1380 g/mol. The fraction of sp³-hybridized carbons (Fsp3) is 0.632. The fourth-order valence-corrected chi connectivity index (χ4v) is 10.4. The number of Topliss-reactive ketones (excluding diaryl/α,β-unsaturated/α-hetero) is 1. The van der Waals surface area contributed by atoms with Gasteiger partial charge in [0.1, 0.15) is 29.8 Å². The summed E-state index contributed by atoms with van der Waals surface area (Å²) < 4.78 is 11.1. The van der Waals surface area contributed by atoms with E-state index in [4.69, 9.17) is 15.2 Å². The molecule has 0 aromatic heterocycles. The first kappa shape index (κ1) is 90.9. The van der Waals surface area contributed by atoms with Gasteiger partial charge in [-0.3, -0.25) is 9.59 Å². The molecule has 0 aromatic carbocycles. The largest absolute Gasteiger partial charge is 0.510 e. The first-order chi connectivity index (χ1) is 46.4. The van der Waals surface area contributed by atoms with Crippen molar-refractivity contribution in [2.45, 2.75) is 268 Å². The van der Waals surface area contributed by atoms with Gasteiger partial charge in [0.15, 0.2) is 12.1 Å². The third-order valence-electron chi connectivity index (χ3n) is 16.4. The molecular formula is C76H125N3O19. The van der Waals surface area contributed by atoms with E-state index in [1.807, 2.05) is 99.8 Å². The summed E-state index contributed by atoms with van der Waals surface area (Å²) in [5.41, 5.74) is 5.39. The minimum atomic E-state index is -1.32. The maximum absolute atomic E-state index is 11.8. The van der Waals surface area contributed by atoms with Gasteiger partial charge in [-0.1, -0.05) is 181 Å². The first-order valence-corrected chi connectivity index (χ1v) is 35.0. The molecule has 20 atom stereocenters. The third-order valence-corrected chi connectivity index (χ3v) is 16.4. The summed E-state index contributed by atoms with van der Waals surface area (Å²) in [5, 5.41) is 158. The van der Waals surface area contributed by atoms with Gasteiger partial charge in [-0.25, -0.2) is 0 Å². The fourth-order valence-electron chi connectivity index (χ4n) is 10.4. The molecule has 1 heterocycles. The van der Waals surface area contributed by atoms with Crippen molar-refractivity contribution in [1.82, 2.24) is 10.6 Å². The van der Waals surface area contributed by atoms with E-state index in [0.717, 1.165) is 19.4 Å². The zero-order valence-corrected chi connectivity index (χ0v) is 59.2. The second-order valence-corrected chi connectivity index (χ2v) is 26.6. The lowest BCUT2D eigenvalue weighted by molar-refractivity contribution is -0.302. The number of rotatable bonds is 48. The van der Waals surface area contributed by atoms with Gasteiger partial charge in [0.25, 0.3) is 0 Å². The van der Waals surface area contributed by atoms with E-state index in [2.05, 4.69) is 38.3 Å². The van der Waals surface area contributed by atoms with Crippen LogP contribution >= 0.6 is 0 Å². The van der Waals surface area contributed by atoms with Gasteiger partial charge in [-0.2, -0.15) is 0 Å². The Morgan fingerprint density at radius 1 is 0.561 bits per heavy atom. The van der Waals surface area contributed by atoms with Crippen molar-refractivity contribution in [3.63, 3.8) is 0 Å². The van der Waals surface area contributed by atoms with Gasteiger partial charge in [0, 0.05) is 49.6 Å². The number of hydrogen-bond acceptors (Lipinski definition) is 21. The summed E-state index contributed by atoms with van der Waals surface area (Å²) in [6, 6.07) is 0.132. The van der Waals surface area contributed by atoms with E-state index in [-0.39, 0.29) is 105 Å². The van der Waals surface area contributed by atoms with Crippen LogP contribution < -0.4 is 16.4 Å². The second-order valence-electron chi connectivity index (χ2n) is 26.6. The minimum Gasteiger partial charge on any atom is -0.510 e. The van der Waals surface area contributed by atoms with Crippen LogP contribution in [0.2, 0.25) is 0 Å². The molecule has 1 aliphatic carbocycles. The van der Waals surface area contributed by atoms with Gasteiger partial charge in [-0.05, 0) is 116 Å². The molecule has 1 aliphatic heterocycles. The van der Waals surface area contributed by atoms with Crippen LogP contribution in [0.3, 0.4) is 0 Å². The molecule has 22 heteroatoms. The highest BCUT2D eigenvalue weighted by Crippen LogP contribution is 2.25. The second kappa shape index (κ2) is 53.7. The summed E-state index contributed by atoms with van der Waals surface area (Å²) in [6.45, 7) is 16.9.